The maximum absolute atomic E-state index is 14.1. The third kappa shape index (κ3) is 10.3. The van der Waals surface area contributed by atoms with Gasteiger partial charge >= 0.3 is 0 Å². The molecule has 0 saturated carbocycles. The van der Waals surface area contributed by atoms with E-state index < -0.39 is 0 Å². The number of aromatic nitrogens is 5. The molecule has 0 fully saturated rings. The van der Waals surface area contributed by atoms with Gasteiger partial charge in [-0.3, -0.25) is 24.0 Å². The lowest BCUT2D eigenvalue weighted by Gasteiger charge is -2.21. The number of nitrogens with zero attached hydrogens (tertiary/aromatic N) is 6. The van der Waals surface area contributed by atoms with Crippen LogP contribution in [-0.2, 0) is 41.5 Å². The lowest BCUT2D eigenvalue weighted by atomic mass is 10.2. The van der Waals surface area contributed by atoms with E-state index in [9.17, 15) is 4.79 Å². The fourth-order valence-electron chi connectivity index (χ4n) is 4.30. The summed E-state index contributed by atoms with van der Waals surface area (Å²) in [6.07, 6.45) is 7.06. The van der Waals surface area contributed by atoms with Crippen LogP contribution in [0.5, 0.6) is 0 Å². The van der Waals surface area contributed by atoms with Crippen molar-refractivity contribution in [3.63, 3.8) is 0 Å². The van der Waals surface area contributed by atoms with Crippen LogP contribution in [0.2, 0.25) is 0 Å². The number of amides is 1. The van der Waals surface area contributed by atoms with Crippen LogP contribution < -0.4 is 4.90 Å². The molecular formula is C31H42N6O8. The zero-order valence-electron chi connectivity index (χ0n) is 26.1. The number of hydrogen-bond acceptors (Lipinski definition) is 11. The Morgan fingerprint density at radius 3 is 2.16 bits per heavy atom. The normalized spacial score (nSPS) is 11.4. The fourth-order valence-corrected chi connectivity index (χ4v) is 4.30. The van der Waals surface area contributed by atoms with Crippen LogP contribution in [0.3, 0.4) is 0 Å². The van der Waals surface area contributed by atoms with Crippen LogP contribution in [0.1, 0.15) is 10.6 Å². The summed E-state index contributed by atoms with van der Waals surface area (Å²) in [7, 11) is 4.88. The van der Waals surface area contributed by atoms with Crippen LogP contribution in [0, 0.1) is 0 Å². The predicted molar refractivity (Wildman–Crippen MR) is 165 cm³/mol. The van der Waals surface area contributed by atoms with Crippen LogP contribution in [0.15, 0.2) is 59.5 Å². The highest BCUT2D eigenvalue weighted by Gasteiger charge is 2.27. The molecule has 0 unspecified atom stereocenters. The van der Waals surface area contributed by atoms with Gasteiger partial charge in [0.05, 0.1) is 95.7 Å². The van der Waals surface area contributed by atoms with Gasteiger partial charge in [0.2, 0.25) is 0 Å². The summed E-state index contributed by atoms with van der Waals surface area (Å²) in [5.74, 6) is 0.346. The number of pyridine rings is 1. The zero-order valence-corrected chi connectivity index (χ0v) is 26.1. The number of anilines is 1. The van der Waals surface area contributed by atoms with E-state index in [0.717, 1.165) is 5.56 Å². The van der Waals surface area contributed by atoms with E-state index in [0.29, 0.717) is 88.8 Å². The SMILES string of the molecule is COCCOCCN(C(=O)c1ccc(-c2cnn(CCOCCOC)c2)o1)c1cn(CCOCCOC)nc1-c1ccccn1. The highest BCUT2D eigenvalue weighted by molar-refractivity contribution is 6.06. The van der Waals surface area contributed by atoms with Crippen molar-refractivity contribution < 1.29 is 37.6 Å². The minimum Gasteiger partial charge on any atom is -0.451 e. The van der Waals surface area contributed by atoms with Gasteiger partial charge in [0, 0.05) is 46.5 Å². The summed E-state index contributed by atoms with van der Waals surface area (Å²) in [6, 6.07) is 8.99. The molecule has 14 nitrogen and oxygen atoms in total. The van der Waals surface area contributed by atoms with Gasteiger partial charge in [-0.15, -0.1) is 0 Å². The highest BCUT2D eigenvalue weighted by Crippen LogP contribution is 2.31. The van der Waals surface area contributed by atoms with E-state index in [1.807, 2.05) is 30.6 Å². The summed E-state index contributed by atoms with van der Waals surface area (Å²) in [4.78, 5) is 20.2. The number of ether oxygens (including phenoxy) is 6. The molecule has 0 aromatic carbocycles. The molecule has 0 N–H and O–H groups in total. The first-order chi connectivity index (χ1) is 22.1. The number of rotatable bonds is 22. The number of carbonyl (C=O) groups is 1. The molecule has 244 valence electrons. The molecule has 0 aliphatic rings. The van der Waals surface area contributed by atoms with Crippen molar-refractivity contribution in [2.75, 3.05) is 92.2 Å². The first-order valence-corrected chi connectivity index (χ1v) is 14.8. The molecule has 4 rings (SSSR count). The summed E-state index contributed by atoms with van der Waals surface area (Å²) in [6.45, 7) is 5.37. The Bertz CT molecular complexity index is 1410. The molecule has 0 aliphatic heterocycles. The summed E-state index contributed by atoms with van der Waals surface area (Å²) in [5, 5.41) is 9.17. The summed E-state index contributed by atoms with van der Waals surface area (Å²) in [5.41, 5.74) is 2.50. The average Bonchev–Trinajstić information content (AvgIpc) is 3.83. The van der Waals surface area contributed by atoms with Gasteiger partial charge in [-0.1, -0.05) is 6.07 Å². The Balaban J connectivity index is 1.55. The van der Waals surface area contributed by atoms with Gasteiger partial charge in [0.25, 0.3) is 5.91 Å². The number of furan rings is 1. The molecule has 0 radical (unpaired) electrons. The molecule has 0 spiro atoms. The standard InChI is InChI=1S/C31H42N6O8/c1-39-16-19-42-13-10-35-23-25(22-33-35)28-7-8-29(45-28)31(38)37(12-15-44-21-18-41-3)27-24-36(11-14-43-20-17-40-2)34-30(27)26-6-4-5-9-32-26/h4-9,22-24H,10-21H2,1-3H3. The van der Waals surface area contributed by atoms with E-state index in [2.05, 4.69) is 10.1 Å². The van der Waals surface area contributed by atoms with Crippen molar-refractivity contribution in [3.05, 3.63) is 60.9 Å². The monoisotopic (exact) mass is 626 g/mol. The Hall–Kier alpha value is -3.92. The van der Waals surface area contributed by atoms with Crippen LogP contribution in [0.4, 0.5) is 5.69 Å². The second-order valence-corrected chi connectivity index (χ2v) is 9.77. The second kappa shape index (κ2) is 18.8. The maximum atomic E-state index is 14.1. The smallest absolute Gasteiger partial charge is 0.294 e. The van der Waals surface area contributed by atoms with Gasteiger partial charge in [-0.25, -0.2) is 0 Å². The Morgan fingerprint density at radius 1 is 0.800 bits per heavy atom. The number of hydrogen-bond donors (Lipinski definition) is 0. The van der Waals surface area contributed by atoms with Gasteiger partial charge in [0.15, 0.2) is 5.76 Å². The topological polar surface area (TPSA) is 137 Å². The quantitative estimate of drug-likeness (QED) is 0.119. The molecule has 0 atom stereocenters. The van der Waals surface area contributed by atoms with Crippen molar-refractivity contribution >= 4 is 11.6 Å². The first-order valence-electron chi connectivity index (χ1n) is 14.8. The predicted octanol–water partition coefficient (Wildman–Crippen LogP) is 3.04. The molecule has 1 amide bonds. The van der Waals surface area contributed by atoms with Gasteiger partial charge in [0.1, 0.15) is 11.5 Å². The van der Waals surface area contributed by atoms with E-state index in [4.69, 9.17) is 37.9 Å². The van der Waals surface area contributed by atoms with Gasteiger partial charge in [-0.05, 0) is 24.3 Å². The average molecular weight is 627 g/mol. The van der Waals surface area contributed by atoms with Crippen molar-refractivity contribution in [3.8, 4) is 22.7 Å². The Morgan fingerprint density at radius 2 is 1.49 bits per heavy atom. The molecular weight excluding hydrogens is 584 g/mol. The van der Waals surface area contributed by atoms with Crippen LogP contribution in [-0.4, -0.2) is 118 Å². The minimum atomic E-state index is -0.344. The van der Waals surface area contributed by atoms with Crippen molar-refractivity contribution in [1.29, 1.82) is 0 Å². The van der Waals surface area contributed by atoms with Crippen molar-refractivity contribution in [2.24, 2.45) is 0 Å². The fraction of sp³-hybridized carbons (Fsp3) is 0.484. The molecule has 45 heavy (non-hydrogen) atoms. The van der Waals surface area contributed by atoms with E-state index >= 15 is 0 Å². The number of methoxy groups -OCH3 is 3. The van der Waals surface area contributed by atoms with Crippen molar-refractivity contribution in [2.45, 2.75) is 13.1 Å². The van der Waals surface area contributed by atoms with E-state index in [1.165, 1.54) is 0 Å². The number of carbonyl (C=O) groups excluding carboxylic acids is 1. The van der Waals surface area contributed by atoms with Gasteiger partial charge in [-0.2, -0.15) is 10.2 Å². The lowest BCUT2D eigenvalue weighted by molar-refractivity contribution is 0.0654. The Kier molecular flexibility index (Phi) is 14.2. The maximum Gasteiger partial charge on any atom is 0.294 e. The highest BCUT2D eigenvalue weighted by atomic mass is 16.5. The molecule has 0 bridgehead atoms. The van der Waals surface area contributed by atoms with Crippen LogP contribution >= 0.6 is 0 Å². The lowest BCUT2D eigenvalue weighted by Crippen LogP contribution is -2.34. The molecule has 4 heterocycles. The minimum absolute atomic E-state index is 0.167. The molecule has 0 saturated heterocycles. The second-order valence-electron chi connectivity index (χ2n) is 9.77. The third-order valence-corrected chi connectivity index (χ3v) is 6.60. The van der Waals surface area contributed by atoms with Gasteiger partial charge < -0.3 is 32.8 Å². The van der Waals surface area contributed by atoms with Crippen LogP contribution in [0.25, 0.3) is 22.7 Å². The van der Waals surface area contributed by atoms with E-state index in [1.54, 1.807) is 60.1 Å². The van der Waals surface area contributed by atoms with E-state index in [-0.39, 0.29) is 24.8 Å². The Labute approximate surface area is 262 Å². The zero-order chi connectivity index (χ0) is 31.7. The molecule has 0 aliphatic carbocycles. The molecule has 4 aromatic heterocycles. The largest absolute Gasteiger partial charge is 0.451 e. The molecule has 14 heteroatoms. The third-order valence-electron chi connectivity index (χ3n) is 6.60. The summed E-state index contributed by atoms with van der Waals surface area (Å²) >= 11 is 0. The first kappa shape index (κ1) is 34.0. The molecule has 4 aromatic rings. The summed E-state index contributed by atoms with van der Waals surface area (Å²) < 4.78 is 41.7. The van der Waals surface area contributed by atoms with Crippen molar-refractivity contribution in [1.82, 2.24) is 24.5 Å².